The van der Waals surface area contributed by atoms with Gasteiger partial charge in [-0.2, -0.15) is 10.5 Å². The van der Waals surface area contributed by atoms with E-state index >= 15 is 0 Å². The van der Waals surface area contributed by atoms with Gasteiger partial charge in [-0.3, -0.25) is 0 Å². The van der Waals surface area contributed by atoms with Crippen molar-refractivity contribution >= 4 is 25.3 Å². The fourth-order valence-corrected chi connectivity index (χ4v) is 0. The number of nitriles is 2. The minimum atomic E-state index is 0. The summed E-state index contributed by atoms with van der Waals surface area (Å²) in [7, 11) is 0. The molecule has 2 nitrogen and oxygen atoms in total. The summed E-state index contributed by atoms with van der Waals surface area (Å²) in [6.07, 6.45) is 0. The van der Waals surface area contributed by atoms with Crippen LogP contribution in [0.15, 0.2) is 0 Å². The maximum absolute atomic E-state index is 7.18. The second kappa shape index (κ2) is 35.7. The van der Waals surface area contributed by atoms with Gasteiger partial charge in [-0.25, -0.2) is 0 Å². The van der Waals surface area contributed by atoms with Gasteiger partial charge in [0.25, 0.3) is 0 Å². The van der Waals surface area contributed by atoms with Crippen molar-refractivity contribution in [2.24, 2.45) is 0 Å². The third kappa shape index (κ3) is 94.9. The van der Waals surface area contributed by atoms with Crippen LogP contribution in [-0.4, -0.2) is 0 Å². The van der Waals surface area contributed by atoms with Crippen LogP contribution in [-0.2, 0) is 22.4 Å². The molecule has 0 spiro atoms. The second-order valence-electron chi connectivity index (χ2n) is 0.200. The number of thiol groups is 2. The van der Waals surface area contributed by atoms with Gasteiger partial charge < -0.3 is 1.43 Å². The number of nitrogens with zero attached hydrogens (tertiary/aromatic N) is 2. The Kier molecular flexibility index (Phi) is 100. The molecule has 0 aliphatic carbocycles. The number of thiocyanates is 2. The summed E-state index contributed by atoms with van der Waals surface area (Å²) < 4.78 is 0. The van der Waals surface area contributed by atoms with Crippen molar-refractivity contribution in [3.8, 4) is 10.8 Å². The summed E-state index contributed by atoms with van der Waals surface area (Å²) in [5.74, 6) is 0. The fraction of sp³-hybridized carbons (Fsp3) is 0. The van der Waals surface area contributed by atoms with Crippen molar-refractivity contribution in [1.29, 1.82) is 10.5 Å². The maximum atomic E-state index is 7.18. The van der Waals surface area contributed by atoms with E-state index in [1.165, 1.54) is 10.8 Å². The molecule has 0 aliphatic heterocycles. The van der Waals surface area contributed by atoms with E-state index < -0.39 is 0 Å². The third-order valence-corrected chi connectivity index (χ3v) is 0. The molecular weight excluding hydrogens is 352 g/mol. The maximum Gasteiger partial charge on any atom is 1.00 e. The molecule has 0 unspecified atom stereocenters. The van der Waals surface area contributed by atoms with Crippen molar-refractivity contribution in [3.05, 3.63) is 0 Å². The van der Waals surface area contributed by atoms with Gasteiger partial charge in [-0.05, 0) is 0 Å². The number of rotatable bonds is 0. The summed E-state index contributed by atoms with van der Waals surface area (Å²) in [4.78, 5) is 0. The molecule has 45 valence electrons. The summed E-state index contributed by atoms with van der Waals surface area (Å²) in [5, 5.41) is 17.3. The monoisotopic (exact) mass is 355 g/mol. The zero-order chi connectivity index (χ0) is 5.41. The SMILES string of the molecule is N#CS.N#CS.[Au].[H-].[K+]. The Hall–Kier alpha value is 2.06. The first-order valence-corrected chi connectivity index (χ1v) is 1.79. The molecule has 6 heteroatoms. The van der Waals surface area contributed by atoms with Gasteiger partial charge in [-0.1, -0.05) is 25.3 Å². The normalized spacial score (nSPS) is 2.00. The Morgan fingerprint density at radius 1 is 1.12 bits per heavy atom. The molecule has 0 bridgehead atoms. The first kappa shape index (κ1) is 22.5. The van der Waals surface area contributed by atoms with Gasteiger partial charge in [0, 0.05) is 22.4 Å². The molecule has 0 fully saturated rings. The van der Waals surface area contributed by atoms with E-state index in [0.29, 0.717) is 0 Å². The molecule has 0 aliphatic rings. The first-order chi connectivity index (χ1) is 2.83. The Bertz CT molecular complexity index is 77.5. The van der Waals surface area contributed by atoms with E-state index in [2.05, 4.69) is 25.3 Å². The van der Waals surface area contributed by atoms with Gasteiger partial charge in [0.1, 0.15) is 10.8 Å². The van der Waals surface area contributed by atoms with Crippen LogP contribution in [0.1, 0.15) is 1.43 Å². The Morgan fingerprint density at radius 3 is 1.12 bits per heavy atom. The molecule has 1 radical (unpaired) electrons. The van der Waals surface area contributed by atoms with Crippen molar-refractivity contribution in [2.75, 3.05) is 0 Å². The minimum Gasteiger partial charge on any atom is -1.00 e. The van der Waals surface area contributed by atoms with E-state index in [1.54, 1.807) is 0 Å². The van der Waals surface area contributed by atoms with E-state index in [-0.39, 0.29) is 75.2 Å². The average molecular weight is 355 g/mol. The number of hydrogen-bond acceptors (Lipinski definition) is 4. The van der Waals surface area contributed by atoms with Crippen LogP contribution in [0, 0.1) is 21.3 Å². The van der Waals surface area contributed by atoms with Crippen LogP contribution < -0.4 is 51.4 Å². The summed E-state index contributed by atoms with van der Waals surface area (Å²) in [6.45, 7) is 0. The van der Waals surface area contributed by atoms with Crippen LogP contribution in [0.4, 0.5) is 0 Å². The average Bonchev–Trinajstić information content (AvgIpc) is 1.39. The van der Waals surface area contributed by atoms with Gasteiger partial charge in [0.15, 0.2) is 0 Å². The van der Waals surface area contributed by atoms with E-state index in [1.807, 2.05) is 0 Å². The molecule has 0 rings (SSSR count). The third-order valence-electron chi connectivity index (χ3n) is 0. The van der Waals surface area contributed by atoms with Crippen LogP contribution in [0.25, 0.3) is 0 Å². The first-order valence-electron chi connectivity index (χ1n) is 0.894. The van der Waals surface area contributed by atoms with Crippen LogP contribution in [0.5, 0.6) is 0 Å². The molecule has 0 saturated carbocycles. The zero-order valence-corrected chi connectivity index (χ0v) is 11.2. The van der Waals surface area contributed by atoms with E-state index in [9.17, 15) is 0 Å². The van der Waals surface area contributed by atoms with Crippen molar-refractivity contribution < 1.29 is 75.2 Å². The van der Waals surface area contributed by atoms with Gasteiger partial charge in [-0.15, -0.1) is 0 Å². The summed E-state index contributed by atoms with van der Waals surface area (Å²) in [5.41, 5.74) is 0. The van der Waals surface area contributed by atoms with Gasteiger partial charge in [0.2, 0.25) is 0 Å². The van der Waals surface area contributed by atoms with E-state index in [0.717, 1.165) is 0 Å². The summed E-state index contributed by atoms with van der Waals surface area (Å²) in [6, 6.07) is 0. The summed E-state index contributed by atoms with van der Waals surface area (Å²) >= 11 is 6.19. The Labute approximate surface area is 119 Å². The largest absolute Gasteiger partial charge is 1.00 e. The predicted molar refractivity (Wildman–Crippen MR) is 30.3 cm³/mol. The van der Waals surface area contributed by atoms with Crippen LogP contribution in [0.2, 0.25) is 0 Å². The van der Waals surface area contributed by atoms with Crippen molar-refractivity contribution in [2.45, 2.75) is 0 Å². The molecule has 0 aromatic rings. The Morgan fingerprint density at radius 2 is 1.12 bits per heavy atom. The van der Waals surface area contributed by atoms with Crippen LogP contribution >= 0.6 is 25.3 Å². The fourth-order valence-electron chi connectivity index (χ4n) is 0. The smallest absolute Gasteiger partial charge is 1.00 e. The predicted octanol–water partition coefficient (Wildman–Crippen LogP) is -2.09. The molecular formula is C2H3AuKN2S2. The van der Waals surface area contributed by atoms with Gasteiger partial charge >= 0.3 is 51.4 Å². The molecule has 0 N–H and O–H groups in total. The van der Waals surface area contributed by atoms with Gasteiger partial charge in [0.05, 0.1) is 0 Å². The standard InChI is InChI=1S/2CHNS.Au.K.H/c2*2-1-3;;;/h2*3H;;;/q;;;+1;-1. The van der Waals surface area contributed by atoms with Crippen molar-refractivity contribution in [3.63, 3.8) is 0 Å². The molecule has 0 atom stereocenters. The van der Waals surface area contributed by atoms with E-state index in [4.69, 9.17) is 10.5 Å². The topological polar surface area (TPSA) is 47.6 Å². The molecule has 0 aromatic heterocycles. The Balaban J connectivity index is -0.00000000889. The zero-order valence-electron chi connectivity index (χ0n) is 5.09. The molecule has 0 aromatic carbocycles. The molecule has 0 saturated heterocycles. The number of hydrogen-bond donors (Lipinski definition) is 2. The van der Waals surface area contributed by atoms with Crippen LogP contribution in [0.3, 0.4) is 0 Å². The molecule has 0 amide bonds. The quantitative estimate of drug-likeness (QED) is 0.297. The minimum absolute atomic E-state index is 0. The molecule has 8 heavy (non-hydrogen) atoms. The second-order valence-corrected chi connectivity index (χ2v) is 0.600. The van der Waals surface area contributed by atoms with Crippen molar-refractivity contribution in [1.82, 2.24) is 0 Å². The molecule has 0 heterocycles.